The van der Waals surface area contributed by atoms with Gasteiger partial charge in [0.2, 0.25) is 5.88 Å². The zero-order valence-electron chi connectivity index (χ0n) is 13.2. The smallest absolute Gasteiger partial charge is 0.354 e. The largest absolute Gasteiger partial charge is 0.477 e. The fraction of sp³-hybridized carbons (Fsp3) is 0.294. The van der Waals surface area contributed by atoms with E-state index in [1.807, 2.05) is 0 Å². The molecule has 9 heteroatoms. The highest BCUT2D eigenvalue weighted by molar-refractivity contribution is 5.88. The molecule has 1 aliphatic rings. The molecule has 5 nitrogen and oxygen atoms in total. The molecule has 0 bridgehead atoms. The third-order valence-electron chi connectivity index (χ3n) is 3.93. The minimum absolute atomic E-state index is 0.00145. The van der Waals surface area contributed by atoms with Crippen molar-refractivity contribution >= 4 is 5.97 Å². The third-order valence-corrected chi connectivity index (χ3v) is 3.93. The predicted molar refractivity (Wildman–Crippen MR) is 81.2 cm³/mol. The molecular weight excluding hydrogens is 358 g/mol. The van der Waals surface area contributed by atoms with E-state index in [9.17, 15) is 27.5 Å². The molecule has 138 valence electrons. The highest BCUT2D eigenvalue weighted by atomic mass is 19.3. The lowest BCUT2D eigenvalue weighted by molar-refractivity contribution is -0.146. The second-order valence-corrected chi connectivity index (χ2v) is 5.64. The van der Waals surface area contributed by atoms with Crippen LogP contribution in [0.2, 0.25) is 0 Å². The van der Waals surface area contributed by atoms with E-state index < -0.39 is 42.6 Å². The van der Waals surface area contributed by atoms with E-state index in [1.54, 1.807) is 0 Å². The van der Waals surface area contributed by atoms with Gasteiger partial charge in [-0.15, -0.1) is 0 Å². The van der Waals surface area contributed by atoms with E-state index in [0.29, 0.717) is 18.1 Å². The van der Waals surface area contributed by atoms with Crippen molar-refractivity contribution in [2.45, 2.75) is 25.6 Å². The van der Waals surface area contributed by atoms with Gasteiger partial charge >= 0.3 is 12.6 Å². The van der Waals surface area contributed by atoms with Crippen molar-refractivity contribution in [2.75, 3.05) is 6.61 Å². The Balaban J connectivity index is 2.02. The molecule has 1 atom stereocenters. The molecule has 1 aromatic carbocycles. The highest BCUT2D eigenvalue weighted by Gasteiger charge is 2.27. The SMILES string of the molecule is O=C(O)c1cc(-c2ccc(F)cc2F)c2c(n1)O[C@@H](COC(F)F)CC2. The second kappa shape index (κ2) is 7.28. The van der Waals surface area contributed by atoms with Gasteiger partial charge < -0.3 is 14.6 Å². The number of carboxylic acids is 1. The van der Waals surface area contributed by atoms with Gasteiger partial charge in [-0.1, -0.05) is 0 Å². The normalized spacial score (nSPS) is 16.3. The number of benzene rings is 1. The summed E-state index contributed by atoms with van der Waals surface area (Å²) in [7, 11) is 0. The minimum Gasteiger partial charge on any atom is -0.477 e. The summed E-state index contributed by atoms with van der Waals surface area (Å²) in [5.41, 5.74) is 0.225. The minimum atomic E-state index is -2.96. The van der Waals surface area contributed by atoms with Crippen molar-refractivity contribution in [3.63, 3.8) is 0 Å². The molecule has 0 aliphatic carbocycles. The topological polar surface area (TPSA) is 68.7 Å². The molecule has 3 rings (SSSR count). The van der Waals surface area contributed by atoms with Crippen LogP contribution in [-0.2, 0) is 11.2 Å². The van der Waals surface area contributed by atoms with Gasteiger partial charge in [-0.2, -0.15) is 8.78 Å². The Bertz CT molecular complexity index is 844. The molecule has 0 radical (unpaired) electrons. The lowest BCUT2D eigenvalue weighted by atomic mass is 9.94. The molecule has 26 heavy (non-hydrogen) atoms. The van der Waals surface area contributed by atoms with Gasteiger partial charge in [-0.3, -0.25) is 0 Å². The fourth-order valence-electron chi connectivity index (χ4n) is 2.76. The number of alkyl halides is 2. The van der Waals surface area contributed by atoms with Crippen molar-refractivity contribution in [2.24, 2.45) is 0 Å². The van der Waals surface area contributed by atoms with Gasteiger partial charge in [-0.25, -0.2) is 18.6 Å². The van der Waals surface area contributed by atoms with E-state index in [4.69, 9.17) is 4.74 Å². The molecule has 0 saturated heterocycles. The van der Waals surface area contributed by atoms with Crippen molar-refractivity contribution in [1.82, 2.24) is 4.98 Å². The number of fused-ring (bicyclic) bond motifs is 1. The maximum Gasteiger partial charge on any atom is 0.354 e. The van der Waals surface area contributed by atoms with Crippen molar-refractivity contribution in [1.29, 1.82) is 0 Å². The molecular formula is C17H13F4NO4. The fourth-order valence-corrected chi connectivity index (χ4v) is 2.76. The summed E-state index contributed by atoms with van der Waals surface area (Å²) in [6.07, 6.45) is -0.158. The number of carboxylic acid groups (broad SMARTS) is 1. The second-order valence-electron chi connectivity index (χ2n) is 5.64. The Morgan fingerprint density at radius 2 is 2.08 bits per heavy atom. The molecule has 2 heterocycles. The maximum atomic E-state index is 14.2. The molecule has 2 aromatic rings. The third kappa shape index (κ3) is 3.77. The van der Waals surface area contributed by atoms with E-state index in [-0.39, 0.29) is 23.4 Å². The summed E-state index contributed by atoms with van der Waals surface area (Å²) in [6, 6.07) is 4.11. The molecule has 0 saturated carbocycles. The summed E-state index contributed by atoms with van der Waals surface area (Å²) in [4.78, 5) is 15.2. The first-order valence-corrected chi connectivity index (χ1v) is 7.64. The number of rotatable bonds is 5. The van der Waals surface area contributed by atoms with Crippen LogP contribution < -0.4 is 4.74 Å². The quantitative estimate of drug-likeness (QED) is 0.813. The maximum absolute atomic E-state index is 14.2. The molecule has 0 spiro atoms. The van der Waals surface area contributed by atoms with Crippen molar-refractivity contribution in [3.8, 4) is 17.0 Å². The van der Waals surface area contributed by atoms with Crippen LogP contribution in [0.25, 0.3) is 11.1 Å². The van der Waals surface area contributed by atoms with Gasteiger partial charge in [0.1, 0.15) is 17.7 Å². The predicted octanol–water partition coefficient (Wildman–Crippen LogP) is 3.66. The molecule has 1 aliphatic heterocycles. The van der Waals surface area contributed by atoms with Crippen LogP contribution >= 0.6 is 0 Å². The molecule has 1 aromatic heterocycles. The number of aromatic carboxylic acids is 1. The molecule has 0 unspecified atom stereocenters. The first-order chi connectivity index (χ1) is 12.3. The average molecular weight is 371 g/mol. The van der Waals surface area contributed by atoms with Crippen LogP contribution in [0.3, 0.4) is 0 Å². The number of pyridine rings is 1. The van der Waals surface area contributed by atoms with Gasteiger partial charge in [0.05, 0.1) is 6.61 Å². The van der Waals surface area contributed by atoms with Crippen LogP contribution in [-0.4, -0.2) is 35.4 Å². The first-order valence-electron chi connectivity index (χ1n) is 7.64. The Morgan fingerprint density at radius 3 is 2.73 bits per heavy atom. The Labute approximate surface area is 145 Å². The Morgan fingerprint density at radius 1 is 1.31 bits per heavy atom. The van der Waals surface area contributed by atoms with E-state index in [1.165, 1.54) is 12.1 Å². The summed E-state index contributed by atoms with van der Waals surface area (Å²) in [6.45, 7) is -3.35. The number of hydrogen-bond donors (Lipinski definition) is 1. The van der Waals surface area contributed by atoms with Gasteiger partial charge in [0.15, 0.2) is 5.69 Å². The molecule has 0 fully saturated rings. The van der Waals surface area contributed by atoms with E-state index in [0.717, 1.165) is 6.07 Å². The highest BCUT2D eigenvalue weighted by Crippen LogP contribution is 2.36. The van der Waals surface area contributed by atoms with Crippen LogP contribution in [0.5, 0.6) is 5.88 Å². The van der Waals surface area contributed by atoms with Crippen LogP contribution in [0.1, 0.15) is 22.5 Å². The lowest BCUT2D eigenvalue weighted by Gasteiger charge is -2.27. The van der Waals surface area contributed by atoms with Gasteiger partial charge in [0.25, 0.3) is 0 Å². The van der Waals surface area contributed by atoms with Gasteiger partial charge in [-0.05, 0) is 36.6 Å². The average Bonchev–Trinajstić information content (AvgIpc) is 2.58. The summed E-state index contributed by atoms with van der Waals surface area (Å²) >= 11 is 0. The first kappa shape index (κ1) is 18.1. The zero-order chi connectivity index (χ0) is 18.8. The number of nitrogens with zero attached hydrogens (tertiary/aromatic N) is 1. The summed E-state index contributed by atoms with van der Waals surface area (Å²) < 4.78 is 61.4. The number of hydrogen-bond acceptors (Lipinski definition) is 4. The molecule has 0 amide bonds. The van der Waals surface area contributed by atoms with Crippen LogP contribution in [0.15, 0.2) is 24.3 Å². The molecule has 1 N–H and O–H groups in total. The number of ether oxygens (including phenoxy) is 2. The zero-order valence-corrected chi connectivity index (χ0v) is 13.2. The lowest BCUT2D eigenvalue weighted by Crippen LogP contribution is -2.30. The van der Waals surface area contributed by atoms with Crippen LogP contribution in [0, 0.1) is 11.6 Å². The number of carbonyl (C=O) groups is 1. The van der Waals surface area contributed by atoms with Crippen molar-refractivity contribution < 1.29 is 36.9 Å². The Hall–Kier alpha value is -2.68. The van der Waals surface area contributed by atoms with Crippen molar-refractivity contribution in [3.05, 3.63) is 47.2 Å². The van der Waals surface area contributed by atoms with E-state index in [2.05, 4.69) is 9.72 Å². The number of halogens is 4. The van der Waals surface area contributed by atoms with Crippen LogP contribution in [0.4, 0.5) is 17.6 Å². The number of aromatic nitrogens is 1. The Kier molecular flexibility index (Phi) is 5.08. The van der Waals surface area contributed by atoms with E-state index >= 15 is 0 Å². The standard InChI is InChI=1S/C17H13F4NO4/c18-8-1-3-10(13(19)5-8)12-6-14(16(23)24)22-15-11(12)4-2-9(26-15)7-25-17(20)21/h1,3,5-6,9,17H,2,4,7H2,(H,23,24)/t9-/m1/s1. The van der Waals surface area contributed by atoms with Gasteiger partial charge in [0, 0.05) is 17.2 Å². The summed E-state index contributed by atoms with van der Waals surface area (Å²) in [5, 5.41) is 9.22. The summed E-state index contributed by atoms with van der Waals surface area (Å²) in [5.74, 6) is -3.09. The monoisotopic (exact) mass is 371 g/mol.